The van der Waals surface area contributed by atoms with Crippen LogP contribution in [0.15, 0.2) is 66.9 Å². The van der Waals surface area contributed by atoms with Crippen LogP contribution in [-0.4, -0.2) is 32.4 Å². The minimum absolute atomic E-state index is 0.0949. The maximum Gasteiger partial charge on any atom is 0.311 e. The molecule has 2 aromatic heterocycles. The molecule has 2 aromatic carbocycles. The Morgan fingerprint density at radius 2 is 1.88 bits per heavy atom. The molecule has 0 radical (unpaired) electrons. The molecule has 0 saturated carbocycles. The van der Waals surface area contributed by atoms with Gasteiger partial charge in [0.25, 0.3) is 0 Å². The Morgan fingerprint density at radius 3 is 2.55 bits per heavy atom. The molecule has 2 heterocycles. The summed E-state index contributed by atoms with van der Waals surface area (Å²) in [7, 11) is 1.42. The highest BCUT2D eigenvalue weighted by molar-refractivity contribution is 5.71. The highest BCUT2D eigenvalue weighted by Crippen LogP contribution is 2.34. The SMILES string of the molecule is COc1ccc(-c2nc3ccc(N)cn3c2CN(Cc2ccccc2)C(C)C)cc1[N+](=O)[O-]. The van der Waals surface area contributed by atoms with Crippen molar-refractivity contribution in [1.82, 2.24) is 14.3 Å². The van der Waals surface area contributed by atoms with Crippen LogP contribution in [0.2, 0.25) is 0 Å². The number of aromatic nitrogens is 2. The van der Waals surface area contributed by atoms with Crippen molar-refractivity contribution in [2.24, 2.45) is 0 Å². The van der Waals surface area contributed by atoms with Crippen molar-refractivity contribution in [2.45, 2.75) is 33.0 Å². The lowest BCUT2D eigenvalue weighted by atomic mass is 10.1. The van der Waals surface area contributed by atoms with Gasteiger partial charge in [-0.1, -0.05) is 30.3 Å². The normalized spacial score (nSPS) is 11.4. The van der Waals surface area contributed by atoms with Crippen molar-refractivity contribution in [1.29, 1.82) is 0 Å². The van der Waals surface area contributed by atoms with Crippen molar-refractivity contribution in [3.63, 3.8) is 0 Å². The van der Waals surface area contributed by atoms with Crippen molar-refractivity contribution in [3.05, 3.63) is 88.2 Å². The fourth-order valence-corrected chi connectivity index (χ4v) is 3.90. The van der Waals surface area contributed by atoms with E-state index >= 15 is 0 Å². The van der Waals surface area contributed by atoms with Crippen LogP contribution in [0.25, 0.3) is 16.9 Å². The summed E-state index contributed by atoms with van der Waals surface area (Å²) in [5.41, 5.74) is 10.8. The lowest BCUT2D eigenvalue weighted by Gasteiger charge is -2.27. The van der Waals surface area contributed by atoms with Gasteiger partial charge < -0.3 is 14.9 Å². The first-order valence-corrected chi connectivity index (χ1v) is 10.7. The molecule has 4 rings (SSSR count). The molecule has 8 heteroatoms. The molecule has 0 aliphatic rings. The van der Waals surface area contributed by atoms with Gasteiger partial charge in [0.1, 0.15) is 5.65 Å². The van der Waals surface area contributed by atoms with E-state index in [1.54, 1.807) is 18.2 Å². The third-order valence-corrected chi connectivity index (χ3v) is 5.70. The first-order chi connectivity index (χ1) is 15.9. The van der Waals surface area contributed by atoms with Gasteiger partial charge in [0.05, 0.1) is 23.4 Å². The zero-order chi connectivity index (χ0) is 23.5. The summed E-state index contributed by atoms with van der Waals surface area (Å²) in [6.07, 6.45) is 1.85. The molecular weight excluding hydrogens is 418 g/mol. The van der Waals surface area contributed by atoms with Crippen LogP contribution in [0.1, 0.15) is 25.1 Å². The van der Waals surface area contributed by atoms with Crippen LogP contribution < -0.4 is 10.5 Å². The predicted molar refractivity (Wildman–Crippen MR) is 129 cm³/mol. The number of fused-ring (bicyclic) bond motifs is 1. The number of nitro groups is 1. The fourth-order valence-electron chi connectivity index (χ4n) is 3.90. The third-order valence-electron chi connectivity index (χ3n) is 5.70. The number of anilines is 1. The number of nitro benzene ring substituents is 1. The van der Waals surface area contributed by atoms with Crippen LogP contribution in [0.3, 0.4) is 0 Å². The molecule has 2 N–H and O–H groups in total. The number of nitrogens with zero attached hydrogens (tertiary/aromatic N) is 4. The highest BCUT2D eigenvalue weighted by atomic mass is 16.6. The molecule has 0 aliphatic heterocycles. The number of ether oxygens (including phenoxy) is 1. The van der Waals surface area contributed by atoms with Gasteiger partial charge in [0.15, 0.2) is 5.75 Å². The van der Waals surface area contributed by atoms with Crippen molar-refractivity contribution < 1.29 is 9.66 Å². The van der Waals surface area contributed by atoms with Crippen molar-refractivity contribution in [3.8, 4) is 17.0 Å². The second-order valence-corrected chi connectivity index (χ2v) is 8.23. The summed E-state index contributed by atoms with van der Waals surface area (Å²) in [5.74, 6) is 0.214. The zero-order valence-corrected chi connectivity index (χ0v) is 18.9. The van der Waals surface area contributed by atoms with E-state index in [2.05, 4.69) is 30.9 Å². The molecule has 0 unspecified atom stereocenters. The van der Waals surface area contributed by atoms with E-state index in [9.17, 15) is 10.1 Å². The Morgan fingerprint density at radius 1 is 1.12 bits per heavy atom. The van der Waals surface area contributed by atoms with Gasteiger partial charge in [0.2, 0.25) is 0 Å². The largest absolute Gasteiger partial charge is 0.490 e. The summed E-state index contributed by atoms with van der Waals surface area (Å²) >= 11 is 0. The van der Waals surface area contributed by atoms with E-state index in [0.29, 0.717) is 23.5 Å². The molecule has 4 aromatic rings. The average Bonchev–Trinajstić information content (AvgIpc) is 3.16. The van der Waals surface area contributed by atoms with E-state index in [0.717, 1.165) is 17.9 Å². The quantitative estimate of drug-likeness (QED) is 0.306. The lowest BCUT2D eigenvalue weighted by molar-refractivity contribution is -0.385. The topological polar surface area (TPSA) is 98.9 Å². The Labute approximate surface area is 192 Å². The predicted octanol–water partition coefficient (Wildman–Crippen LogP) is 4.91. The summed E-state index contributed by atoms with van der Waals surface area (Å²) in [4.78, 5) is 18.3. The molecule has 8 nitrogen and oxygen atoms in total. The van der Waals surface area contributed by atoms with Crippen LogP contribution in [0.5, 0.6) is 5.75 Å². The molecule has 170 valence electrons. The first kappa shape index (κ1) is 22.3. The number of nitrogen functional groups attached to an aromatic ring is 1. The second kappa shape index (κ2) is 9.30. The fraction of sp³-hybridized carbons (Fsp3) is 0.240. The number of methoxy groups -OCH3 is 1. The highest BCUT2D eigenvalue weighted by Gasteiger charge is 2.22. The number of benzene rings is 2. The Hall–Kier alpha value is -3.91. The molecule has 0 fully saturated rings. The maximum atomic E-state index is 11.6. The zero-order valence-electron chi connectivity index (χ0n) is 18.9. The minimum atomic E-state index is -0.439. The monoisotopic (exact) mass is 445 g/mol. The molecule has 0 saturated heterocycles. The van der Waals surface area contributed by atoms with Gasteiger partial charge >= 0.3 is 5.69 Å². The standard InChI is InChI=1S/C25H27N5O3/c1-17(2)28(14-18-7-5-4-6-8-18)16-22-25(27-24-12-10-20(26)15-29(22)24)19-9-11-23(33-3)21(13-19)30(31)32/h4-13,15,17H,14,16,26H2,1-3H3. The maximum absolute atomic E-state index is 11.6. The molecular formula is C25H27N5O3. The summed E-state index contributed by atoms with van der Waals surface area (Å²) in [6.45, 7) is 5.65. The van der Waals surface area contributed by atoms with Crippen LogP contribution >= 0.6 is 0 Å². The van der Waals surface area contributed by atoms with Crippen LogP contribution in [-0.2, 0) is 13.1 Å². The van der Waals surface area contributed by atoms with Crippen molar-refractivity contribution >= 4 is 17.0 Å². The van der Waals surface area contributed by atoms with Gasteiger partial charge in [-0.3, -0.25) is 15.0 Å². The molecule has 0 amide bonds. The number of hydrogen-bond acceptors (Lipinski definition) is 6. The van der Waals surface area contributed by atoms with E-state index in [1.807, 2.05) is 34.9 Å². The Kier molecular flexibility index (Phi) is 6.28. The third kappa shape index (κ3) is 4.65. The summed E-state index contributed by atoms with van der Waals surface area (Å²) in [6, 6.07) is 19.1. The number of nitrogens with two attached hydrogens (primary N) is 1. The lowest BCUT2D eigenvalue weighted by Crippen LogP contribution is -2.30. The molecule has 0 aliphatic carbocycles. The van der Waals surface area contributed by atoms with Gasteiger partial charge in [-0.2, -0.15) is 0 Å². The van der Waals surface area contributed by atoms with Crippen LogP contribution in [0, 0.1) is 10.1 Å². The number of hydrogen-bond donors (Lipinski definition) is 1. The number of imidazole rings is 1. The summed E-state index contributed by atoms with van der Waals surface area (Å²) < 4.78 is 7.15. The Balaban J connectivity index is 1.83. The van der Waals surface area contributed by atoms with E-state index in [-0.39, 0.29) is 17.5 Å². The second-order valence-electron chi connectivity index (χ2n) is 8.23. The van der Waals surface area contributed by atoms with Gasteiger partial charge in [-0.05, 0) is 43.7 Å². The smallest absolute Gasteiger partial charge is 0.311 e. The minimum Gasteiger partial charge on any atom is -0.490 e. The number of pyridine rings is 1. The molecule has 33 heavy (non-hydrogen) atoms. The van der Waals surface area contributed by atoms with Crippen molar-refractivity contribution in [2.75, 3.05) is 12.8 Å². The summed E-state index contributed by atoms with van der Waals surface area (Å²) in [5, 5.41) is 11.6. The molecule has 0 spiro atoms. The average molecular weight is 446 g/mol. The van der Waals surface area contributed by atoms with Gasteiger partial charge in [0, 0.05) is 42.6 Å². The number of rotatable bonds is 8. The Bertz CT molecular complexity index is 1280. The first-order valence-electron chi connectivity index (χ1n) is 10.7. The van der Waals surface area contributed by atoms with Gasteiger partial charge in [-0.25, -0.2) is 4.98 Å². The molecule has 0 bridgehead atoms. The van der Waals surface area contributed by atoms with E-state index in [1.165, 1.54) is 18.7 Å². The van der Waals surface area contributed by atoms with E-state index < -0.39 is 4.92 Å². The van der Waals surface area contributed by atoms with E-state index in [4.69, 9.17) is 15.5 Å². The van der Waals surface area contributed by atoms with Gasteiger partial charge in [-0.15, -0.1) is 0 Å². The van der Waals surface area contributed by atoms with Crippen LogP contribution in [0.4, 0.5) is 11.4 Å². The molecule has 0 atom stereocenters.